The van der Waals surface area contributed by atoms with E-state index in [1.807, 2.05) is 18.3 Å². The SMILES string of the molecule is CCN1c2cc(C)c(C=Nc3ccc(O)cc3)cc2C(C)=CC1(C)C. The normalized spacial score (nSPS) is 16.0. The monoisotopic (exact) mass is 334 g/mol. The van der Waals surface area contributed by atoms with Crippen LogP contribution in [0.3, 0.4) is 0 Å². The van der Waals surface area contributed by atoms with Crippen LogP contribution in [0.15, 0.2) is 47.5 Å². The van der Waals surface area contributed by atoms with Crippen LogP contribution in [0.4, 0.5) is 11.4 Å². The highest BCUT2D eigenvalue weighted by Crippen LogP contribution is 2.39. The summed E-state index contributed by atoms with van der Waals surface area (Å²) in [6.45, 7) is 12.0. The van der Waals surface area contributed by atoms with E-state index in [2.05, 4.69) is 62.7 Å². The number of aliphatic imine (C=N–C) groups is 1. The number of likely N-dealkylation sites (N-methyl/N-ethyl adjacent to an activating group) is 1. The fourth-order valence-corrected chi connectivity index (χ4v) is 3.64. The Labute approximate surface area is 150 Å². The van der Waals surface area contributed by atoms with E-state index in [1.54, 1.807) is 12.1 Å². The van der Waals surface area contributed by atoms with Crippen LogP contribution < -0.4 is 4.90 Å². The van der Waals surface area contributed by atoms with E-state index in [9.17, 15) is 5.11 Å². The number of hydrogen-bond acceptors (Lipinski definition) is 3. The lowest BCUT2D eigenvalue weighted by atomic mass is 9.87. The van der Waals surface area contributed by atoms with Crippen molar-refractivity contribution >= 4 is 23.2 Å². The predicted molar refractivity (Wildman–Crippen MR) is 107 cm³/mol. The molecule has 0 spiro atoms. The molecule has 0 atom stereocenters. The molecule has 2 aromatic carbocycles. The molecule has 0 aromatic heterocycles. The average Bonchev–Trinajstić information content (AvgIpc) is 2.54. The summed E-state index contributed by atoms with van der Waals surface area (Å²) in [6.07, 6.45) is 4.25. The number of aromatic hydroxyl groups is 1. The van der Waals surface area contributed by atoms with Crippen LogP contribution in [-0.4, -0.2) is 23.4 Å². The summed E-state index contributed by atoms with van der Waals surface area (Å²) in [5, 5.41) is 9.38. The van der Waals surface area contributed by atoms with Crippen LogP contribution in [0.5, 0.6) is 5.75 Å². The molecule has 1 aliphatic heterocycles. The molecule has 25 heavy (non-hydrogen) atoms. The molecule has 2 aromatic rings. The number of nitrogens with zero attached hydrogens (tertiary/aromatic N) is 2. The van der Waals surface area contributed by atoms with Gasteiger partial charge in [-0.25, -0.2) is 0 Å². The number of phenols is 1. The molecule has 0 saturated heterocycles. The van der Waals surface area contributed by atoms with Crippen LogP contribution in [0.25, 0.3) is 5.57 Å². The van der Waals surface area contributed by atoms with Gasteiger partial charge in [0.1, 0.15) is 5.75 Å². The van der Waals surface area contributed by atoms with Crippen molar-refractivity contribution in [1.29, 1.82) is 0 Å². The van der Waals surface area contributed by atoms with Gasteiger partial charge in [-0.1, -0.05) is 6.08 Å². The lowest BCUT2D eigenvalue weighted by molar-refractivity contribution is 0.475. The minimum atomic E-state index is 0.0277. The first-order valence-electron chi connectivity index (χ1n) is 8.77. The number of phenolic OH excluding ortho intramolecular Hbond substituents is 1. The van der Waals surface area contributed by atoms with Crippen LogP contribution >= 0.6 is 0 Å². The second kappa shape index (κ2) is 6.40. The maximum absolute atomic E-state index is 9.38. The van der Waals surface area contributed by atoms with E-state index in [-0.39, 0.29) is 11.3 Å². The van der Waals surface area contributed by atoms with Crippen LogP contribution in [0.1, 0.15) is 44.4 Å². The molecule has 0 saturated carbocycles. The minimum Gasteiger partial charge on any atom is -0.508 e. The molecule has 1 heterocycles. The Morgan fingerprint density at radius 3 is 2.44 bits per heavy atom. The largest absolute Gasteiger partial charge is 0.508 e. The van der Waals surface area contributed by atoms with Crippen molar-refractivity contribution in [3.63, 3.8) is 0 Å². The number of hydrogen-bond donors (Lipinski definition) is 1. The number of aryl methyl sites for hydroxylation is 1. The van der Waals surface area contributed by atoms with Gasteiger partial charge in [-0.2, -0.15) is 0 Å². The number of benzene rings is 2. The second-order valence-electron chi connectivity index (χ2n) is 7.23. The molecular weight excluding hydrogens is 308 g/mol. The highest BCUT2D eigenvalue weighted by Gasteiger charge is 2.30. The zero-order chi connectivity index (χ0) is 18.2. The molecule has 0 radical (unpaired) electrons. The molecule has 3 rings (SSSR count). The second-order valence-corrected chi connectivity index (χ2v) is 7.23. The van der Waals surface area contributed by atoms with Gasteiger partial charge in [0.05, 0.1) is 11.2 Å². The van der Waals surface area contributed by atoms with Crippen molar-refractivity contribution < 1.29 is 5.11 Å². The van der Waals surface area contributed by atoms with Crippen LogP contribution in [-0.2, 0) is 0 Å². The molecule has 0 bridgehead atoms. The van der Waals surface area contributed by atoms with Gasteiger partial charge < -0.3 is 10.0 Å². The molecular formula is C22H26N2O. The van der Waals surface area contributed by atoms with E-state index < -0.39 is 0 Å². The molecule has 0 aliphatic carbocycles. The van der Waals surface area contributed by atoms with E-state index in [4.69, 9.17) is 0 Å². The van der Waals surface area contributed by atoms with Crippen molar-refractivity contribution in [2.75, 3.05) is 11.4 Å². The van der Waals surface area contributed by atoms with Crippen LogP contribution in [0.2, 0.25) is 0 Å². The maximum Gasteiger partial charge on any atom is 0.115 e. The summed E-state index contributed by atoms with van der Waals surface area (Å²) >= 11 is 0. The lowest BCUT2D eigenvalue weighted by Crippen LogP contribution is -2.45. The molecule has 3 nitrogen and oxygen atoms in total. The van der Waals surface area contributed by atoms with Crippen molar-refractivity contribution in [1.82, 2.24) is 0 Å². The Bertz CT molecular complexity index is 845. The Balaban J connectivity index is 2.02. The summed E-state index contributed by atoms with van der Waals surface area (Å²) < 4.78 is 0. The Morgan fingerprint density at radius 1 is 1.12 bits per heavy atom. The van der Waals surface area contributed by atoms with Crippen molar-refractivity contribution in [2.24, 2.45) is 4.99 Å². The Morgan fingerprint density at radius 2 is 1.80 bits per heavy atom. The third-order valence-electron chi connectivity index (χ3n) is 4.88. The van der Waals surface area contributed by atoms with Gasteiger partial charge in [0.2, 0.25) is 0 Å². The van der Waals surface area contributed by atoms with Crippen molar-refractivity contribution in [3.8, 4) is 5.75 Å². The average molecular weight is 334 g/mol. The third kappa shape index (κ3) is 3.32. The predicted octanol–water partition coefficient (Wildman–Crippen LogP) is 5.47. The zero-order valence-electron chi connectivity index (χ0n) is 15.7. The van der Waals surface area contributed by atoms with Gasteiger partial charge >= 0.3 is 0 Å². The fourth-order valence-electron chi connectivity index (χ4n) is 3.64. The number of anilines is 1. The van der Waals surface area contributed by atoms with Crippen molar-refractivity contribution in [2.45, 2.75) is 40.2 Å². The molecule has 0 fully saturated rings. The van der Waals surface area contributed by atoms with Gasteiger partial charge in [-0.3, -0.25) is 4.99 Å². The summed E-state index contributed by atoms with van der Waals surface area (Å²) in [5.41, 5.74) is 7.08. The lowest BCUT2D eigenvalue weighted by Gasteiger charge is -2.43. The maximum atomic E-state index is 9.38. The van der Waals surface area contributed by atoms with E-state index in [0.717, 1.165) is 17.8 Å². The van der Waals surface area contributed by atoms with Gasteiger partial charge in [-0.05, 0) is 87.7 Å². The van der Waals surface area contributed by atoms with Gasteiger partial charge in [0.25, 0.3) is 0 Å². The molecule has 1 aliphatic rings. The van der Waals surface area contributed by atoms with Gasteiger partial charge in [0.15, 0.2) is 0 Å². The molecule has 3 heteroatoms. The molecule has 0 amide bonds. The van der Waals surface area contributed by atoms with Crippen molar-refractivity contribution in [3.05, 3.63) is 59.2 Å². The minimum absolute atomic E-state index is 0.0277. The van der Waals surface area contributed by atoms with E-state index in [1.165, 1.54) is 22.4 Å². The number of fused-ring (bicyclic) bond motifs is 1. The van der Waals surface area contributed by atoms with E-state index in [0.29, 0.717) is 0 Å². The first kappa shape index (κ1) is 17.3. The Kier molecular flexibility index (Phi) is 4.42. The smallest absolute Gasteiger partial charge is 0.115 e. The summed E-state index contributed by atoms with van der Waals surface area (Å²) in [7, 11) is 0. The van der Waals surface area contributed by atoms with E-state index >= 15 is 0 Å². The number of allylic oxidation sites excluding steroid dienone is 1. The third-order valence-corrected chi connectivity index (χ3v) is 4.88. The number of rotatable bonds is 3. The Hall–Kier alpha value is -2.55. The first-order valence-corrected chi connectivity index (χ1v) is 8.77. The first-order chi connectivity index (χ1) is 11.8. The van der Waals surface area contributed by atoms with Gasteiger partial charge in [-0.15, -0.1) is 0 Å². The summed E-state index contributed by atoms with van der Waals surface area (Å²) in [5.74, 6) is 0.256. The van der Waals surface area contributed by atoms with Gasteiger partial charge in [0, 0.05) is 24.0 Å². The molecule has 0 unspecified atom stereocenters. The summed E-state index contributed by atoms with van der Waals surface area (Å²) in [4.78, 5) is 7.00. The van der Waals surface area contributed by atoms with Crippen LogP contribution in [0, 0.1) is 6.92 Å². The fraction of sp³-hybridized carbons (Fsp3) is 0.318. The topological polar surface area (TPSA) is 35.8 Å². The molecule has 130 valence electrons. The summed E-state index contributed by atoms with van der Waals surface area (Å²) in [6, 6.07) is 11.4. The molecule has 1 N–H and O–H groups in total. The highest BCUT2D eigenvalue weighted by molar-refractivity contribution is 5.90. The highest BCUT2D eigenvalue weighted by atomic mass is 16.3. The quantitative estimate of drug-likeness (QED) is 0.755. The standard InChI is InChI=1S/C22H26N2O/c1-6-24-21-11-15(2)17(12-20(21)16(3)13-22(24,4)5)14-23-18-7-9-19(25)10-8-18/h7-14,25H,6H2,1-5H3. The zero-order valence-corrected chi connectivity index (χ0v) is 15.7.